The summed E-state index contributed by atoms with van der Waals surface area (Å²) in [7, 11) is 0. The molecule has 21 aromatic rings. The predicted octanol–water partition coefficient (Wildman–Crippen LogP) is 27.9. The van der Waals surface area contributed by atoms with Crippen molar-refractivity contribution >= 4 is 194 Å². The fourth-order valence-corrected chi connectivity index (χ4v) is 19.2. The first-order valence-corrected chi connectivity index (χ1v) is 34.4. The van der Waals surface area contributed by atoms with Gasteiger partial charge in [0.15, 0.2) is 0 Å². The molecule has 96 heavy (non-hydrogen) atoms. The maximum absolute atomic E-state index is 7.22. The molecule has 0 atom stereocenters. The molecule has 0 saturated heterocycles. The average molecular weight is 1250 g/mol. The zero-order valence-electron chi connectivity index (χ0n) is 51.8. The van der Waals surface area contributed by atoms with Gasteiger partial charge in [0.25, 0.3) is 0 Å². The van der Waals surface area contributed by atoms with Crippen LogP contribution >= 0.6 is 22.7 Å². The summed E-state index contributed by atoms with van der Waals surface area (Å²) >= 11 is 3.75. The van der Waals surface area contributed by atoms with Crippen LogP contribution in [0.25, 0.3) is 227 Å². The molecule has 0 spiro atoms. The van der Waals surface area contributed by atoms with Crippen LogP contribution in [-0.4, -0.2) is 0 Å². The number of rotatable bonds is 7. The number of hydrogen-bond donors (Lipinski definition) is 0. The molecule has 0 saturated carbocycles. The number of thiophene rings is 2. The van der Waals surface area contributed by atoms with Gasteiger partial charge in [-0.3, -0.25) is 0 Å². The lowest BCUT2D eigenvalue weighted by Crippen LogP contribution is -1.93. The fourth-order valence-electron chi connectivity index (χ4n) is 16.8. The van der Waals surface area contributed by atoms with Gasteiger partial charge in [0.1, 0.15) is 22.3 Å². The van der Waals surface area contributed by atoms with E-state index in [1.165, 1.54) is 155 Å². The molecule has 0 aliphatic rings. The molecule has 17 aromatic carbocycles. The largest absolute Gasteiger partial charge is 0.456 e. The summed E-state index contributed by atoms with van der Waals surface area (Å²) in [5.41, 5.74) is 17.4. The fraction of sp³-hybridized carbons (Fsp3) is 0. The van der Waals surface area contributed by atoms with Crippen LogP contribution in [0.1, 0.15) is 11.1 Å². The Morgan fingerprint density at radius 2 is 0.792 bits per heavy atom. The van der Waals surface area contributed by atoms with Crippen LogP contribution < -0.4 is 0 Å². The van der Waals surface area contributed by atoms with Crippen LogP contribution in [0.2, 0.25) is 0 Å². The minimum atomic E-state index is 0.874. The Labute approximate surface area is 558 Å². The molecular weight excluding hydrogens is 1200 g/mol. The van der Waals surface area contributed by atoms with Crippen molar-refractivity contribution in [2.45, 2.75) is 0 Å². The van der Waals surface area contributed by atoms with E-state index in [2.05, 4.69) is 292 Å². The molecule has 0 amide bonds. The zero-order chi connectivity index (χ0) is 63.0. The molecule has 0 radical (unpaired) electrons. The maximum atomic E-state index is 7.22. The van der Waals surface area contributed by atoms with Gasteiger partial charge in [0, 0.05) is 78.2 Å². The van der Waals surface area contributed by atoms with Crippen LogP contribution in [0.4, 0.5) is 0 Å². The van der Waals surface area contributed by atoms with E-state index in [0.29, 0.717) is 0 Å². The zero-order valence-corrected chi connectivity index (χ0v) is 53.4. The van der Waals surface area contributed by atoms with E-state index in [0.717, 1.165) is 71.9 Å². The summed E-state index contributed by atoms with van der Waals surface area (Å²) in [6, 6.07) is 103. The summed E-state index contributed by atoms with van der Waals surface area (Å²) in [5, 5.41) is 26.5. The van der Waals surface area contributed by atoms with Gasteiger partial charge in [-0.25, -0.2) is 0 Å². The van der Waals surface area contributed by atoms with Crippen molar-refractivity contribution in [3.05, 3.63) is 303 Å². The molecule has 444 valence electrons. The Morgan fingerprint density at radius 3 is 1.48 bits per heavy atom. The molecule has 4 heteroatoms. The number of para-hydroxylation sites is 1. The van der Waals surface area contributed by atoms with Crippen molar-refractivity contribution < 1.29 is 8.83 Å². The molecule has 4 heterocycles. The van der Waals surface area contributed by atoms with Crippen molar-refractivity contribution in [3.8, 4) is 55.6 Å². The van der Waals surface area contributed by atoms with Gasteiger partial charge in [0.05, 0.1) is 0 Å². The maximum Gasteiger partial charge on any atom is 0.143 e. The monoisotopic (exact) mass is 1250 g/mol. The Kier molecular flexibility index (Phi) is 11.3. The van der Waals surface area contributed by atoms with E-state index in [1.807, 2.05) is 34.8 Å². The minimum Gasteiger partial charge on any atom is -0.456 e. The quantitative estimate of drug-likeness (QED) is 0.149. The van der Waals surface area contributed by atoms with E-state index >= 15 is 0 Å². The van der Waals surface area contributed by atoms with Crippen molar-refractivity contribution in [2.24, 2.45) is 0 Å². The average Bonchev–Trinajstić information content (AvgIpc) is 1.29. The summed E-state index contributed by atoms with van der Waals surface area (Å²) in [5.74, 6) is 0. The lowest BCUT2D eigenvalue weighted by molar-refractivity contribution is 0.669. The highest BCUT2D eigenvalue weighted by Gasteiger charge is 2.26. The second kappa shape index (κ2) is 20.3. The van der Waals surface area contributed by atoms with Crippen LogP contribution in [0.15, 0.2) is 301 Å². The first-order valence-electron chi connectivity index (χ1n) is 32.8. The van der Waals surface area contributed by atoms with E-state index in [9.17, 15) is 0 Å². The van der Waals surface area contributed by atoms with E-state index < -0.39 is 0 Å². The molecule has 4 aromatic heterocycles. The van der Waals surface area contributed by atoms with Gasteiger partial charge >= 0.3 is 0 Å². The van der Waals surface area contributed by atoms with Crippen molar-refractivity contribution in [1.29, 1.82) is 0 Å². The van der Waals surface area contributed by atoms with Crippen LogP contribution in [0, 0.1) is 0 Å². The Hall–Kier alpha value is -11.9. The Morgan fingerprint density at radius 1 is 0.260 bits per heavy atom. The van der Waals surface area contributed by atoms with Crippen LogP contribution in [0.3, 0.4) is 0 Å². The molecule has 0 bridgehead atoms. The first-order chi connectivity index (χ1) is 47.5. The predicted molar refractivity (Wildman–Crippen MR) is 417 cm³/mol. The van der Waals surface area contributed by atoms with Crippen LogP contribution in [-0.2, 0) is 0 Å². The third-order valence-electron chi connectivity index (χ3n) is 20.8. The number of fused-ring (bicyclic) bond motifs is 23. The normalized spacial score (nSPS) is 12.2. The van der Waals surface area contributed by atoms with Gasteiger partial charge in [-0.05, 0) is 174 Å². The highest BCUT2D eigenvalue weighted by Crippen LogP contribution is 2.53. The van der Waals surface area contributed by atoms with Crippen molar-refractivity contribution in [3.63, 3.8) is 0 Å². The van der Waals surface area contributed by atoms with E-state index in [1.54, 1.807) is 0 Å². The Balaban J connectivity index is 0.731. The number of furan rings is 2. The second-order valence-electron chi connectivity index (χ2n) is 25.6. The highest BCUT2D eigenvalue weighted by molar-refractivity contribution is 7.27. The summed E-state index contributed by atoms with van der Waals surface area (Å²) < 4.78 is 19.2. The highest BCUT2D eigenvalue weighted by atomic mass is 32.1. The lowest BCUT2D eigenvalue weighted by Gasteiger charge is -2.19. The van der Waals surface area contributed by atoms with E-state index in [4.69, 9.17) is 8.83 Å². The minimum absolute atomic E-state index is 0.874. The SMILES string of the molecule is C=Cc1cccc(-c2c3ccccc3c(-c3ccc4c(c3)sc3ccc5cc(-c6cccc7c(-c8c9ccccc9c(-c9ccc%10c(c9)oc9ccc%11ccc%12c%13ccccc%13sc%12c%11c9%10)c9ccccc89)cccc67)c6oc7ccccc7c6c5c34)c3ccccc23)c1C=C. The number of hydrogen-bond acceptors (Lipinski definition) is 4. The molecule has 21 rings (SSSR count). The molecule has 0 aliphatic heterocycles. The first kappa shape index (κ1) is 53.6. The van der Waals surface area contributed by atoms with Crippen molar-refractivity contribution in [1.82, 2.24) is 0 Å². The van der Waals surface area contributed by atoms with Gasteiger partial charge < -0.3 is 8.83 Å². The van der Waals surface area contributed by atoms with Crippen molar-refractivity contribution in [2.75, 3.05) is 0 Å². The molecule has 0 N–H and O–H groups in total. The molecule has 0 aliphatic carbocycles. The summed E-state index contributed by atoms with van der Waals surface area (Å²) in [6.07, 6.45) is 3.90. The summed E-state index contributed by atoms with van der Waals surface area (Å²) in [6.45, 7) is 8.44. The van der Waals surface area contributed by atoms with Gasteiger partial charge in [-0.15, -0.1) is 22.7 Å². The topological polar surface area (TPSA) is 26.3 Å². The van der Waals surface area contributed by atoms with E-state index in [-0.39, 0.29) is 0 Å². The Bertz CT molecular complexity index is 6950. The summed E-state index contributed by atoms with van der Waals surface area (Å²) in [4.78, 5) is 0. The van der Waals surface area contributed by atoms with Gasteiger partial charge in [-0.1, -0.05) is 256 Å². The molecular formula is C92H52O2S2. The third-order valence-corrected chi connectivity index (χ3v) is 23.1. The smallest absolute Gasteiger partial charge is 0.143 e. The van der Waals surface area contributed by atoms with Crippen LogP contribution in [0.5, 0.6) is 0 Å². The molecule has 0 fully saturated rings. The molecule has 2 nitrogen and oxygen atoms in total. The third kappa shape index (κ3) is 7.45. The standard InChI is InChI=1S/C92H52O2S2/c1-3-51-20-17-34-61(56(51)4-2)86-67-26-9-7-24-65(67)83(66-25-8-10-27-68(66)86)55-40-45-74-81(50-55)95-80-47-42-53-48-75(91-90(84(53)89(74)80)72-30-13-15-36-76(72)94-91)59-33-18-32-58-57(59)31-19-35-62(58)87-69-28-11-5-22-63(69)82(64-23-6-12-29-70(64)87)54-39-44-73-78(49-54)93-77-46-41-52-38-43-71-60-21-14-16-37-79(60)96-92(71)85(52)88(73)77/h3-50H,1-2H2. The lowest BCUT2D eigenvalue weighted by atomic mass is 9.83. The van der Waals surface area contributed by atoms with Gasteiger partial charge in [-0.2, -0.15) is 0 Å². The van der Waals surface area contributed by atoms with Gasteiger partial charge in [0.2, 0.25) is 0 Å². The molecule has 0 unspecified atom stereocenters. The number of benzene rings is 17. The second-order valence-corrected chi connectivity index (χ2v) is 27.7.